The van der Waals surface area contributed by atoms with Crippen LogP contribution in [-0.4, -0.2) is 20.8 Å². The van der Waals surface area contributed by atoms with Crippen LogP contribution in [0.2, 0.25) is 0 Å². The van der Waals surface area contributed by atoms with Crippen molar-refractivity contribution in [3.8, 4) is 0 Å². The Kier molecular flexibility index (Phi) is 4.46. The van der Waals surface area contributed by atoms with Gasteiger partial charge in [0.15, 0.2) is 0 Å². The van der Waals surface area contributed by atoms with E-state index in [2.05, 4.69) is 31.8 Å². The molecule has 0 saturated heterocycles. The molecule has 1 saturated carbocycles. The maximum atomic E-state index is 10.6. The van der Waals surface area contributed by atoms with Crippen molar-refractivity contribution in [2.75, 3.05) is 0 Å². The van der Waals surface area contributed by atoms with Crippen LogP contribution in [0.15, 0.2) is 24.8 Å². The number of imidazole rings is 1. The summed E-state index contributed by atoms with van der Waals surface area (Å²) in [6.45, 7) is 6.22. The van der Waals surface area contributed by atoms with Gasteiger partial charge in [0.1, 0.15) is 0 Å². The molecular weight excluding hydrogens is 236 g/mol. The molecule has 0 aliphatic heterocycles. The first-order valence-electron chi connectivity index (χ1n) is 7.36. The molecule has 3 nitrogen and oxygen atoms in total. The largest absolute Gasteiger partial charge is 0.386 e. The Balaban J connectivity index is 2.26. The fourth-order valence-electron chi connectivity index (χ4n) is 2.72. The maximum absolute atomic E-state index is 10.6. The van der Waals surface area contributed by atoms with Crippen LogP contribution < -0.4 is 0 Å². The first kappa shape index (κ1) is 14.3. The molecule has 0 spiro atoms. The van der Waals surface area contributed by atoms with Gasteiger partial charge in [0.25, 0.3) is 0 Å². The molecule has 0 aromatic carbocycles. The van der Waals surface area contributed by atoms with Crippen molar-refractivity contribution in [2.45, 2.75) is 59.0 Å². The average molecular weight is 262 g/mol. The van der Waals surface area contributed by atoms with Crippen molar-refractivity contribution < 1.29 is 5.11 Å². The van der Waals surface area contributed by atoms with E-state index in [9.17, 15) is 5.11 Å². The summed E-state index contributed by atoms with van der Waals surface area (Å²) in [5.74, 6) is 0.600. The molecule has 0 amide bonds. The Hall–Kier alpha value is -1.09. The zero-order valence-electron chi connectivity index (χ0n) is 12.3. The third-order valence-electron chi connectivity index (χ3n) is 3.96. The van der Waals surface area contributed by atoms with Crippen molar-refractivity contribution in [1.29, 1.82) is 0 Å². The second-order valence-electron chi connectivity index (χ2n) is 6.73. The summed E-state index contributed by atoms with van der Waals surface area (Å²) in [4.78, 5) is 4.11. The van der Waals surface area contributed by atoms with Gasteiger partial charge in [-0.05, 0) is 24.2 Å². The van der Waals surface area contributed by atoms with Crippen LogP contribution in [0.1, 0.15) is 52.9 Å². The van der Waals surface area contributed by atoms with Crippen molar-refractivity contribution in [1.82, 2.24) is 9.55 Å². The van der Waals surface area contributed by atoms with Crippen LogP contribution in [0.5, 0.6) is 0 Å². The van der Waals surface area contributed by atoms with Crippen LogP contribution in [-0.2, 0) is 0 Å². The summed E-state index contributed by atoms with van der Waals surface area (Å²) in [6, 6.07) is 0. The van der Waals surface area contributed by atoms with Gasteiger partial charge in [-0.1, -0.05) is 46.1 Å². The predicted molar refractivity (Wildman–Crippen MR) is 78.5 cm³/mol. The van der Waals surface area contributed by atoms with E-state index >= 15 is 0 Å². The van der Waals surface area contributed by atoms with E-state index in [1.165, 1.54) is 32.1 Å². The lowest BCUT2D eigenvalue weighted by molar-refractivity contribution is 0.109. The van der Waals surface area contributed by atoms with Crippen LogP contribution in [0.3, 0.4) is 0 Å². The Labute approximate surface area is 116 Å². The number of allylic oxidation sites excluding steroid dienone is 1. The van der Waals surface area contributed by atoms with E-state index < -0.39 is 6.10 Å². The highest BCUT2D eigenvalue weighted by atomic mass is 16.3. The van der Waals surface area contributed by atoms with Gasteiger partial charge in [0.05, 0.1) is 12.4 Å². The van der Waals surface area contributed by atoms with Crippen molar-refractivity contribution in [3.63, 3.8) is 0 Å². The lowest BCUT2D eigenvalue weighted by atomic mass is 9.83. The standard InChI is InChI=1S/C16H26N2O/c1-16(2,3)15(19)14(18-10-9-17-12-18)11-13-7-5-4-6-8-13/h9-13,15,19H,4-8H2,1-3H3. The molecule has 1 unspecified atom stereocenters. The van der Waals surface area contributed by atoms with Gasteiger partial charge in [0, 0.05) is 18.1 Å². The molecule has 19 heavy (non-hydrogen) atoms. The van der Waals surface area contributed by atoms with Gasteiger partial charge in [-0.15, -0.1) is 0 Å². The minimum atomic E-state index is -0.469. The van der Waals surface area contributed by atoms with Crippen LogP contribution in [0.25, 0.3) is 5.70 Å². The third-order valence-corrected chi connectivity index (χ3v) is 3.96. The molecule has 1 aliphatic rings. The molecule has 1 N–H and O–H groups in total. The Bertz CT molecular complexity index is 408. The quantitative estimate of drug-likeness (QED) is 0.901. The van der Waals surface area contributed by atoms with Gasteiger partial charge in [-0.3, -0.25) is 0 Å². The molecule has 0 bridgehead atoms. The van der Waals surface area contributed by atoms with Crippen LogP contribution in [0.4, 0.5) is 0 Å². The number of rotatable bonds is 3. The zero-order chi connectivity index (χ0) is 13.9. The molecule has 1 heterocycles. The number of hydrogen-bond donors (Lipinski definition) is 1. The number of nitrogens with zero attached hydrogens (tertiary/aromatic N) is 2. The lowest BCUT2D eigenvalue weighted by Gasteiger charge is -2.30. The summed E-state index contributed by atoms with van der Waals surface area (Å²) in [7, 11) is 0. The van der Waals surface area contributed by atoms with Crippen molar-refractivity contribution in [2.24, 2.45) is 11.3 Å². The average Bonchev–Trinajstić information content (AvgIpc) is 2.89. The SMILES string of the molecule is CC(C)(C)C(O)C(=CC1CCCCC1)n1ccnc1. The number of aromatic nitrogens is 2. The second-order valence-corrected chi connectivity index (χ2v) is 6.73. The maximum Gasteiger partial charge on any atom is 0.0989 e. The summed E-state index contributed by atoms with van der Waals surface area (Å²) in [5, 5.41) is 10.6. The second kappa shape index (κ2) is 5.91. The smallest absolute Gasteiger partial charge is 0.0989 e. The first-order valence-corrected chi connectivity index (χ1v) is 7.36. The zero-order valence-corrected chi connectivity index (χ0v) is 12.3. The minimum Gasteiger partial charge on any atom is -0.386 e. The minimum absolute atomic E-state index is 0.162. The van der Waals surface area contributed by atoms with Crippen molar-refractivity contribution >= 4 is 5.70 Å². The van der Waals surface area contributed by atoms with Crippen LogP contribution in [0, 0.1) is 11.3 Å². The molecule has 1 aromatic heterocycles. The predicted octanol–water partition coefficient (Wildman–Crippen LogP) is 3.71. The fourth-order valence-corrected chi connectivity index (χ4v) is 2.72. The highest BCUT2D eigenvalue weighted by Gasteiger charge is 2.27. The van der Waals surface area contributed by atoms with Gasteiger partial charge >= 0.3 is 0 Å². The van der Waals surface area contributed by atoms with E-state index in [1.807, 2.05) is 10.8 Å². The molecule has 0 radical (unpaired) electrons. The van der Waals surface area contributed by atoms with Crippen LogP contribution >= 0.6 is 0 Å². The summed E-state index contributed by atoms with van der Waals surface area (Å²) in [6.07, 6.45) is 13.7. The van der Waals surface area contributed by atoms with E-state index in [4.69, 9.17) is 0 Å². The number of aliphatic hydroxyl groups is 1. The molecule has 1 fully saturated rings. The van der Waals surface area contributed by atoms with E-state index in [0.29, 0.717) is 5.92 Å². The van der Waals surface area contributed by atoms with Gasteiger partial charge in [-0.25, -0.2) is 4.98 Å². The highest BCUT2D eigenvalue weighted by molar-refractivity contribution is 5.51. The normalized spacial score (nSPS) is 20.5. The topological polar surface area (TPSA) is 38.0 Å². The molecule has 106 valence electrons. The fraction of sp³-hybridized carbons (Fsp3) is 0.688. The van der Waals surface area contributed by atoms with Gasteiger partial charge < -0.3 is 9.67 Å². The summed E-state index contributed by atoms with van der Waals surface area (Å²) < 4.78 is 1.96. The number of aliphatic hydroxyl groups excluding tert-OH is 1. The highest BCUT2D eigenvalue weighted by Crippen LogP contribution is 2.32. The van der Waals surface area contributed by atoms with E-state index in [1.54, 1.807) is 12.5 Å². The third kappa shape index (κ3) is 3.69. The van der Waals surface area contributed by atoms with Gasteiger partial charge in [-0.2, -0.15) is 0 Å². The molecule has 1 aromatic rings. The summed E-state index contributed by atoms with van der Waals surface area (Å²) >= 11 is 0. The van der Waals surface area contributed by atoms with Crippen molar-refractivity contribution in [3.05, 3.63) is 24.8 Å². The Morgan fingerprint density at radius 2 is 2.00 bits per heavy atom. The summed E-state index contributed by atoms with van der Waals surface area (Å²) in [5.41, 5.74) is 0.821. The molecule has 3 heteroatoms. The Morgan fingerprint density at radius 3 is 2.53 bits per heavy atom. The van der Waals surface area contributed by atoms with E-state index in [0.717, 1.165) is 5.70 Å². The number of hydrogen-bond acceptors (Lipinski definition) is 2. The molecule has 1 aliphatic carbocycles. The monoisotopic (exact) mass is 262 g/mol. The molecular formula is C16H26N2O. The Morgan fingerprint density at radius 1 is 1.32 bits per heavy atom. The molecule has 2 rings (SSSR count). The van der Waals surface area contributed by atoms with Gasteiger partial charge in [0.2, 0.25) is 0 Å². The lowest BCUT2D eigenvalue weighted by Crippen LogP contribution is -2.30. The molecule has 1 atom stereocenters. The van der Waals surface area contributed by atoms with E-state index in [-0.39, 0.29) is 5.41 Å². The first-order chi connectivity index (χ1) is 8.98.